The predicted molar refractivity (Wildman–Crippen MR) is 114 cm³/mol. The van der Waals surface area contributed by atoms with Gasteiger partial charge >= 0.3 is 0 Å². The van der Waals surface area contributed by atoms with E-state index in [9.17, 15) is 39.9 Å². The van der Waals surface area contributed by atoms with E-state index < -0.39 is 80.4 Å². The number of carbonyl (C=O) groups excluding carboxylic acids is 3. The van der Waals surface area contributed by atoms with Gasteiger partial charge in [0.25, 0.3) is 5.91 Å². The summed E-state index contributed by atoms with van der Waals surface area (Å²) < 4.78 is 5.95. The van der Waals surface area contributed by atoms with Gasteiger partial charge in [-0.15, -0.1) is 11.6 Å². The van der Waals surface area contributed by atoms with E-state index in [0.717, 1.165) is 0 Å². The molecule has 2 fully saturated rings. The second kappa shape index (κ2) is 6.36. The van der Waals surface area contributed by atoms with Gasteiger partial charge in [-0.1, -0.05) is 12.1 Å². The number of hydrogen-bond donors (Lipinski definition) is 6. The van der Waals surface area contributed by atoms with Crippen LogP contribution in [0, 0.1) is 11.8 Å². The van der Waals surface area contributed by atoms with Crippen LogP contribution in [-0.2, 0) is 19.9 Å². The maximum atomic E-state index is 13.7. The third-order valence-electron chi connectivity index (χ3n) is 7.97. The van der Waals surface area contributed by atoms with Crippen LogP contribution in [0.2, 0.25) is 0 Å². The number of phenolic OH excluding ortho intramolecular Hbond substituents is 1. The van der Waals surface area contributed by atoms with Gasteiger partial charge in [-0.25, -0.2) is 0 Å². The molecular weight excluding hydrogens is 472 g/mol. The number of nitrogens with two attached hydrogens (primary N) is 1. The minimum absolute atomic E-state index is 0.0855. The van der Waals surface area contributed by atoms with Crippen molar-refractivity contribution in [2.24, 2.45) is 17.6 Å². The molecule has 1 aromatic carbocycles. The average molecular weight is 495 g/mol. The smallest absolute Gasteiger partial charge is 0.255 e. The fraction of sp³-hybridized carbons (Fsp3) is 0.500. The number of alkyl halides is 1. The van der Waals surface area contributed by atoms with Crippen molar-refractivity contribution >= 4 is 29.1 Å². The number of benzene rings is 1. The Labute approximate surface area is 198 Å². The third kappa shape index (κ3) is 2.07. The molecule has 34 heavy (non-hydrogen) atoms. The summed E-state index contributed by atoms with van der Waals surface area (Å²) in [5.74, 6) is -11.6. The number of phenols is 1. The minimum atomic E-state index is -3.16. The van der Waals surface area contributed by atoms with Gasteiger partial charge in [-0.3, -0.25) is 19.3 Å². The summed E-state index contributed by atoms with van der Waals surface area (Å²) in [7, 11) is 2.85. The fourth-order valence-electron chi connectivity index (χ4n) is 6.67. The van der Waals surface area contributed by atoms with Crippen LogP contribution in [0.5, 0.6) is 5.75 Å². The number of aromatic hydroxyl groups is 1. The second-order valence-corrected chi connectivity index (χ2v) is 10.3. The van der Waals surface area contributed by atoms with Gasteiger partial charge in [0, 0.05) is 5.92 Å². The molecule has 1 aliphatic heterocycles. The molecule has 1 aromatic rings. The number of ketones is 2. The Hall–Kier alpha value is -2.54. The van der Waals surface area contributed by atoms with Crippen molar-refractivity contribution in [1.82, 2.24) is 4.90 Å². The number of amides is 1. The van der Waals surface area contributed by atoms with Gasteiger partial charge in [0.15, 0.2) is 22.0 Å². The van der Waals surface area contributed by atoms with Gasteiger partial charge < -0.3 is 36.0 Å². The summed E-state index contributed by atoms with van der Waals surface area (Å²) in [6.07, 6.45) is -1.82. The topological polar surface area (TPSA) is 191 Å². The normalized spacial score (nSPS) is 44.8. The SMILES string of the molecule is CN(C)[C@@H]1C(=O)C(C(N)=O)=C(O)[C@]2(O)[C@H]1[C@@H](O)C1C3(Cl)C(=O)c4c(O)cccc4[C@@]1(C)O[C@@]32O. The van der Waals surface area contributed by atoms with E-state index in [1.165, 1.54) is 44.1 Å². The highest BCUT2D eigenvalue weighted by molar-refractivity contribution is 6.41. The van der Waals surface area contributed by atoms with Crippen LogP contribution in [0.15, 0.2) is 29.5 Å². The highest BCUT2D eigenvalue weighted by Gasteiger charge is 2.90. The standard InChI is InChI=1S/C22H23ClN2O9/c1-19-7-5-4-6-8(26)9(7)16(29)20(23)15(19)14(28)11-12(25(2)3)13(27)10(18(24)31)17(30)21(11,32)22(20,33)34-19/h4-6,11-12,14-15,26,28,30,32-33H,1-3H3,(H2,24,31)/t11-,12+,14-,15?,19-,20?,21-,22+/m1/s1. The Balaban J connectivity index is 1.91. The molecule has 0 aromatic heterocycles. The lowest BCUT2D eigenvalue weighted by Crippen LogP contribution is -2.81. The Kier molecular flexibility index (Phi) is 4.34. The zero-order valence-corrected chi connectivity index (χ0v) is 19.1. The molecule has 0 radical (unpaired) electrons. The first-order chi connectivity index (χ1) is 15.6. The molecule has 11 nitrogen and oxygen atoms in total. The van der Waals surface area contributed by atoms with E-state index in [2.05, 4.69) is 0 Å². The van der Waals surface area contributed by atoms with Crippen LogP contribution >= 0.6 is 11.6 Å². The highest BCUT2D eigenvalue weighted by atomic mass is 35.5. The lowest BCUT2D eigenvalue weighted by Gasteiger charge is -2.59. The predicted octanol–water partition coefficient (Wildman–Crippen LogP) is -1.35. The minimum Gasteiger partial charge on any atom is -0.508 e. The summed E-state index contributed by atoms with van der Waals surface area (Å²) in [6.45, 7) is 1.41. The van der Waals surface area contributed by atoms with Crippen molar-refractivity contribution in [1.29, 1.82) is 0 Å². The summed E-state index contributed by atoms with van der Waals surface area (Å²) in [5, 5.41) is 57.1. The molecule has 12 heteroatoms. The largest absolute Gasteiger partial charge is 0.508 e. The number of likely N-dealkylation sites (N-methyl/N-ethyl adjacent to an activating group) is 1. The molecule has 1 saturated heterocycles. The molecule has 1 saturated carbocycles. The lowest BCUT2D eigenvalue weighted by atomic mass is 9.50. The van der Waals surface area contributed by atoms with Crippen LogP contribution in [0.1, 0.15) is 22.8 Å². The fourth-order valence-corrected chi connectivity index (χ4v) is 7.28. The van der Waals surface area contributed by atoms with E-state index in [0.29, 0.717) is 0 Å². The molecular formula is C22H23ClN2O9. The molecule has 3 aliphatic carbocycles. The number of aliphatic hydroxyl groups excluding tert-OH is 2. The van der Waals surface area contributed by atoms with Crippen molar-refractivity contribution in [3.8, 4) is 5.75 Å². The molecule has 5 rings (SSSR count). The van der Waals surface area contributed by atoms with E-state index in [1.807, 2.05) is 0 Å². The zero-order valence-electron chi connectivity index (χ0n) is 18.3. The first-order valence-corrected chi connectivity index (χ1v) is 10.8. The first-order valence-electron chi connectivity index (χ1n) is 10.5. The summed E-state index contributed by atoms with van der Waals surface area (Å²) in [6, 6.07) is 2.63. The van der Waals surface area contributed by atoms with E-state index >= 15 is 0 Å². The molecule has 4 bridgehead atoms. The maximum Gasteiger partial charge on any atom is 0.255 e. The Bertz CT molecular complexity index is 1230. The Morgan fingerprint density at radius 3 is 2.38 bits per heavy atom. The molecule has 2 unspecified atom stereocenters. The number of halogens is 1. The van der Waals surface area contributed by atoms with E-state index in [-0.39, 0.29) is 11.1 Å². The number of fused-ring (bicyclic) bond motifs is 4. The van der Waals surface area contributed by atoms with E-state index in [1.54, 1.807) is 0 Å². The number of Topliss-reactive ketones (excluding diaryl/α,β-unsaturated/α-hetero) is 2. The summed E-state index contributed by atoms with van der Waals surface area (Å²) >= 11 is 6.81. The third-order valence-corrected chi connectivity index (χ3v) is 8.64. The summed E-state index contributed by atoms with van der Waals surface area (Å²) in [4.78, 5) is 37.7. The number of ether oxygens (including phenoxy) is 1. The van der Waals surface area contributed by atoms with Gasteiger partial charge in [-0.2, -0.15) is 0 Å². The molecule has 8 atom stereocenters. The number of hydrogen-bond acceptors (Lipinski definition) is 10. The molecule has 182 valence electrons. The Morgan fingerprint density at radius 2 is 1.82 bits per heavy atom. The Morgan fingerprint density at radius 1 is 1.21 bits per heavy atom. The van der Waals surface area contributed by atoms with Gasteiger partial charge in [-0.05, 0) is 32.6 Å². The quantitative estimate of drug-likeness (QED) is 0.211. The first kappa shape index (κ1) is 23.2. The van der Waals surface area contributed by atoms with Crippen molar-refractivity contribution in [3.05, 3.63) is 40.7 Å². The average Bonchev–Trinajstić information content (AvgIpc) is 2.85. The zero-order chi connectivity index (χ0) is 25.3. The van der Waals surface area contributed by atoms with Crippen LogP contribution in [0.3, 0.4) is 0 Å². The highest BCUT2D eigenvalue weighted by Crippen LogP contribution is 2.72. The number of primary amides is 1. The van der Waals surface area contributed by atoms with Crippen LogP contribution in [0.25, 0.3) is 0 Å². The van der Waals surface area contributed by atoms with Crippen LogP contribution < -0.4 is 5.73 Å². The number of rotatable bonds is 2. The van der Waals surface area contributed by atoms with Crippen LogP contribution in [0.4, 0.5) is 0 Å². The molecule has 1 amide bonds. The summed E-state index contributed by atoms with van der Waals surface area (Å²) in [5.41, 5.74) is -0.775. The number of aliphatic hydroxyl groups is 4. The lowest BCUT2D eigenvalue weighted by molar-refractivity contribution is -0.328. The molecule has 7 N–H and O–H groups in total. The van der Waals surface area contributed by atoms with Gasteiger partial charge in [0.05, 0.1) is 23.6 Å². The molecule has 0 spiro atoms. The van der Waals surface area contributed by atoms with Crippen molar-refractivity contribution in [2.75, 3.05) is 14.1 Å². The second-order valence-electron chi connectivity index (χ2n) is 9.71. The maximum absolute atomic E-state index is 13.7. The molecule has 1 heterocycles. The van der Waals surface area contributed by atoms with Crippen molar-refractivity contribution < 1.29 is 44.7 Å². The van der Waals surface area contributed by atoms with Crippen molar-refractivity contribution in [2.45, 2.75) is 40.9 Å². The molecule has 4 aliphatic rings. The van der Waals surface area contributed by atoms with Gasteiger partial charge in [0.2, 0.25) is 5.79 Å². The van der Waals surface area contributed by atoms with E-state index in [4.69, 9.17) is 22.1 Å². The number of nitrogens with zero attached hydrogens (tertiary/aromatic N) is 1. The number of carbonyl (C=O) groups is 3. The van der Waals surface area contributed by atoms with Gasteiger partial charge in [0.1, 0.15) is 22.7 Å². The van der Waals surface area contributed by atoms with Crippen molar-refractivity contribution in [3.63, 3.8) is 0 Å². The monoisotopic (exact) mass is 494 g/mol. The van der Waals surface area contributed by atoms with Crippen LogP contribution in [-0.4, -0.2) is 90.4 Å².